The first-order valence-electron chi connectivity index (χ1n) is 6.34. The predicted octanol–water partition coefficient (Wildman–Crippen LogP) is 3.22. The number of hydrogen-bond donors (Lipinski definition) is 2. The Morgan fingerprint density at radius 1 is 1.14 bits per heavy atom. The summed E-state index contributed by atoms with van der Waals surface area (Å²) in [6.45, 7) is 0. The third-order valence-electron chi connectivity index (χ3n) is 3.01. The Hall–Kier alpha value is -2.89. The number of benzene rings is 2. The number of nitro benzene ring substituents is 1. The monoisotopic (exact) mass is 286 g/mol. The van der Waals surface area contributed by atoms with Crippen LogP contribution < -0.4 is 5.32 Å². The molecule has 0 saturated carbocycles. The lowest BCUT2D eigenvalue weighted by atomic mass is 10.0. The second-order valence-corrected chi connectivity index (χ2v) is 4.48. The molecule has 0 aliphatic heterocycles. The largest absolute Gasteiger partial charge is 0.481 e. The van der Waals surface area contributed by atoms with Crippen molar-refractivity contribution in [2.45, 2.75) is 12.5 Å². The van der Waals surface area contributed by atoms with E-state index < -0.39 is 16.9 Å². The van der Waals surface area contributed by atoms with Gasteiger partial charge in [0.15, 0.2) is 0 Å². The Bertz CT molecular complexity index is 643. The molecule has 6 nitrogen and oxygen atoms in total. The van der Waals surface area contributed by atoms with Gasteiger partial charge in [-0.15, -0.1) is 0 Å². The van der Waals surface area contributed by atoms with Gasteiger partial charge in [0.2, 0.25) is 0 Å². The van der Waals surface area contributed by atoms with Gasteiger partial charge in [0.1, 0.15) is 5.69 Å². The van der Waals surface area contributed by atoms with Gasteiger partial charge in [-0.1, -0.05) is 42.5 Å². The minimum atomic E-state index is -0.977. The van der Waals surface area contributed by atoms with E-state index in [4.69, 9.17) is 5.11 Å². The molecule has 2 rings (SSSR count). The van der Waals surface area contributed by atoms with Crippen molar-refractivity contribution in [1.82, 2.24) is 0 Å². The van der Waals surface area contributed by atoms with E-state index in [1.165, 1.54) is 6.07 Å². The standard InChI is InChI=1S/C15H14N2O4/c18-15(19)10-13(11-6-2-1-3-7-11)16-12-8-4-5-9-14(12)17(20)21/h1-9,13,16H,10H2,(H,18,19). The number of carbonyl (C=O) groups is 1. The van der Waals surface area contributed by atoms with E-state index >= 15 is 0 Å². The van der Waals surface area contributed by atoms with Crippen LogP contribution in [-0.2, 0) is 4.79 Å². The molecule has 0 bridgehead atoms. The highest BCUT2D eigenvalue weighted by Crippen LogP contribution is 2.29. The highest BCUT2D eigenvalue weighted by atomic mass is 16.6. The third kappa shape index (κ3) is 3.79. The van der Waals surface area contributed by atoms with E-state index in [2.05, 4.69) is 5.32 Å². The molecule has 0 spiro atoms. The number of aliphatic carboxylic acids is 1. The Labute approximate surface area is 121 Å². The van der Waals surface area contributed by atoms with E-state index in [-0.39, 0.29) is 12.1 Å². The van der Waals surface area contributed by atoms with Gasteiger partial charge in [0.25, 0.3) is 5.69 Å². The van der Waals surface area contributed by atoms with E-state index in [1.54, 1.807) is 42.5 Å². The average molecular weight is 286 g/mol. The molecule has 2 aromatic carbocycles. The molecule has 0 heterocycles. The molecule has 0 saturated heterocycles. The van der Waals surface area contributed by atoms with Crippen LogP contribution in [0.3, 0.4) is 0 Å². The van der Waals surface area contributed by atoms with Crippen molar-refractivity contribution in [2.24, 2.45) is 0 Å². The fourth-order valence-electron chi connectivity index (χ4n) is 2.05. The summed E-state index contributed by atoms with van der Waals surface area (Å²) in [4.78, 5) is 21.5. The molecule has 0 fully saturated rings. The van der Waals surface area contributed by atoms with Crippen molar-refractivity contribution in [3.63, 3.8) is 0 Å². The minimum absolute atomic E-state index is 0.0798. The van der Waals surface area contributed by atoms with E-state index in [0.29, 0.717) is 5.69 Å². The Kier molecular flexibility index (Phi) is 4.50. The van der Waals surface area contributed by atoms with Gasteiger partial charge in [-0.2, -0.15) is 0 Å². The summed E-state index contributed by atoms with van der Waals surface area (Å²) in [6.07, 6.45) is -0.171. The van der Waals surface area contributed by atoms with Gasteiger partial charge >= 0.3 is 5.97 Å². The Balaban J connectivity index is 2.32. The molecule has 2 N–H and O–H groups in total. The van der Waals surface area contributed by atoms with Crippen LogP contribution in [-0.4, -0.2) is 16.0 Å². The van der Waals surface area contributed by atoms with E-state index in [0.717, 1.165) is 5.56 Å². The van der Waals surface area contributed by atoms with E-state index in [1.807, 2.05) is 6.07 Å². The zero-order valence-electron chi connectivity index (χ0n) is 11.1. The van der Waals surface area contributed by atoms with Gasteiger partial charge in [-0.3, -0.25) is 14.9 Å². The topological polar surface area (TPSA) is 92.5 Å². The van der Waals surface area contributed by atoms with Crippen LogP contribution in [0.1, 0.15) is 18.0 Å². The van der Waals surface area contributed by atoms with Gasteiger partial charge in [-0.25, -0.2) is 0 Å². The summed E-state index contributed by atoms with van der Waals surface area (Å²) in [5.41, 5.74) is 0.986. The third-order valence-corrected chi connectivity index (χ3v) is 3.01. The van der Waals surface area contributed by atoms with Crippen molar-refractivity contribution < 1.29 is 14.8 Å². The number of carboxylic acids is 1. The van der Waals surface area contributed by atoms with Crippen LogP contribution in [0, 0.1) is 10.1 Å². The molecular weight excluding hydrogens is 272 g/mol. The fourth-order valence-corrected chi connectivity index (χ4v) is 2.05. The number of para-hydroxylation sites is 2. The van der Waals surface area contributed by atoms with Crippen LogP contribution in [0.5, 0.6) is 0 Å². The van der Waals surface area contributed by atoms with Crippen LogP contribution in [0.15, 0.2) is 54.6 Å². The highest BCUT2D eigenvalue weighted by molar-refractivity contribution is 5.70. The smallest absolute Gasteiger partial charge is 0.305 e. The van der Waals surface area contributed by atoms with Crippen LogP contribution in [0.2, 0.25) is 0 Å². The average Bonchev–Trinajstić information content (AvgIpc) is 2.47. The number of anilines is 1. The summed E-state index contributed by atoms with van der Waals surface area (Å²) in [5, 5.41) is 23.0. The van der Waals surface area contributed by atoms with Gasteiger partial charge in [-0.05, 0) is 11.6 Å². The maximum absolute atomic E-state index is 11.0. The molecule has 21 heavy (non-hydrogen) atoms. The van der Waals surface area contributed by atoms with Crippen molar-refractivity contribution in [3.05, 3.63) is 70.3 Å². The van der Waals surface area contributed by atoms with Crippen molar-refractivity contribution >= 4 is 17.3 Å². The quantitative estimate of drug-likeness (QED) is 0.628. The second-order valence-electron chi connectivity index (χ2n) is 4.48. The van der Waals surface area contributed by atoms with Gasteiger partial charge in [0.05, 0.1) is 17.4 Å². The maximum atomic E-state index is 11.0. The molecule has 0 amide bonds. The van der Waals surface area contributed by atoms with Gasteiger partial charge < -0.3 is 10.4 Å². The van der Waals surface area contributed by atoms with Gasteiger partial charge in [0, 0.05) is 6.07 Å². The summed E-state index contributed by atoms with van der Waals surface area (Å²) < 4.78 is 0. The summed E-state index contributed by atoms with van der Waals surface area (Å²) in [7, 11) is 0. The zero-order chi connectivity index (χ0) is 15.2. The first kappa shape index (κ1) is 14.5. The lowest BCUT2D eigenvalue weighted by molar-refractivity contribution is -0.384. The van der Waals surface area contributed by atoms with Crippen LogP contribution >= 0.6 is 0 Å². The first-order chi connectivity index (χ1) is 10.1. The lowest BCUT2D eigenvalue weighted by Crippen LogP contribution is -2.15. The fraction of sp³-hybridized carbons (Fsp3) is 0.133. The van der Waals surface area contributed by atoms with Crippen molar-refractivity contribution in [2.75, 3.05) is 5.32 Å². The predicted molar refractivity (Wildman–Crippen MR) is 78.2 cm³/mol. The van der Waals surface area contributed by atoms with Crippen LogP contribution in [0.4, 0.5) is 11.4 Å². The number of carboxylic acid groups (broad SMARTS) is 1. The maximum Gasteiger partial charge on any atom is 0.305 e. The normalized spacial score (nSPS) is 11.6. The highest BCUT2D eigenvalue weighted by Gasteiger charge is 2.19. The molecular formula is C15H14N2O4. The zero-order valence-corrected chi connectivity index (χ0v) is 11.1. The number of rotatable bonds is 6. The molecule has 1 atom stereocenters. The first-order valence-corrected chi connectivity index (χ1v) is 6.34. The minimum Gasteiger partial charge on any atom is -0.481 e. The SMILES string of the molecule is O=C(O)CC(Nc1ccccc1[N+](=O)[O-])c1ccccc1. The lowest BCUT2D eigenvalue weighted by Gasteiger charge is -2.18. The summed E-state index contributed by atoms with van der Waals surface area (Å²) >= 11 is 0. The molecule has 0 radical (unpaired) electrons. The van der Waals surface area contributed by atoms with Crippen molar-refractivity contribution in [1.29, 1.82) is 0 Å². The number of nitrogens with one attached hydrogen (secondary N) is 1. The molecule has 6 heteroatoms. The molecule has 2 aromatic rings. The Morgan fingerprint density at radius 3 is 2.38 bits per heavy atom. The number of nitro groups is 1. The summed E-state index contributed by atoms with van der Waals surface area (Å²) in [5.74, 6) is -0.977. The number of hydrogen-bond acceptors (Lipinski definition) is 4. The molecule has 0 aliphatic carbocycles. The molecule has 0 aliphatic rings. The molecule has 0 aromatic heterocycles. The van der Waals surface area contributed by atoms with E-state index in [9.17, 15) is 14.9 Å². The molecule has 1 unspecified atom stereocenters. The second kappa shape index (κ2) is 6.51. The summed E-state index contributed by atoms with van der Waals surface area (Å²) in [6, 6.07) is 14.6. The van der Waals surface area contributed by atoms with Crippen LogP contribution in [0.25, 0.3) is 0 Å². The molecule has 108 valence electrons. The van der Waals surface area contributed by atoms with Crippen molar-refractivity contribution in [3.8, 4) is 0 Å². The Morgan fingerprint density at radius 2 is 1.76 bits per heavy atom. The number of nitrogens with zero attached hydrogens (tertiary/aromatic N) is 1.